The molecular formula is C39H40N8O5. The van der Waals surface area contributed by atoms with E-state index in [2.05, 4.69) is 54.8 Å². The third kappa shape index (κ3) is 7.29. The Hall–Kier alpha value is -6.24. The average Bonchev–Trinajstić information content (AvgIpc) is 3.99. The molecule has 0 unspecified atom stereocenters. The maximum Gasteiger partial charge on any atom is 0.405 e. The fourth-order valence-corrected chi connectivity index (χ4v) is 7.18. The maximum atomic E-state index is 13.7. The Morgan fingerprint density at radius 1 is 0.750 bits per heavy atom. The SMILES string of the molecule is CC(=O)NCC(=O)N1CCC[C@H]1c1ncc(-c2ccc(-c3ccc(-c4cnc([C@@H]5CCCN5C(=O)[C@H](NC(=O)O)c5ccccc5)[nH]4)cc3)cc2)[nH]1. The fraction of sp³-hybridized carbons (Fsp3) is 0.282. The van der Waals surface area contributed by atoms with E-state index >= 15 is 0 Å². The zero-order valence-electron chi connectivity index (χ0n) is 28.7. The van der Waals surface area contributed by atoms with Gasteiger partial charge in [-0.05, 0) is 53.5 Å². The van der Waals surface area contributed by atoms with Crippen LogP contribution >= 0.6 is 0 Å². The number of hydrogen-bond acceptors (Lipinski definition) is 6. The number of H-pyrrole nitrogens is 2. The molecule has 4 amide bonds. The standard InChI is InChI=1S/C39H40N8O5/c1-24(48)40-23-34(49)46-19-5-9-32(46)36-41-21-30(43-36)27-15-11-25(12-16-27)26-13-17-28(18-14-26)31-22-42-37(44-31)33-10-6-20-47(33)38(50)35(45-39(51)52)29-7-3-2-4-8-29/h2-4,7-8,11-18,21-22,32-33,35,45H,5-6,9-10,19-20,23H2,1H3,(H,40,48)(H,41,43)(H,42,44)(H,51,52)/t32-,33-,35+/m0/s1. The molecule has 2 fully saturated rings. The molecule has 13 nitrogen and oxygen atoms in total. The van der Waals surface area contributed by atoms with Crippen molar-refractivity contribution in [2.75, 3.05) is 19.6 Å². The number of carboxylic acid groups (broad SMARTS) is 1. The van der Waals surface area contributed by atoms with Crippen molar-refractivity contribution in [2.45, 2.75) is 50.7 Å². The van der Waals surface area contributed by atoms with Crippen molar-refractivity contribution in [3.8, 4) is 33.6 Å². The van der Waals surface area contributed by atoms with Crippen LogP contribution in [-0.4, -0.2) is 78.3 Å². The van der Waals surface area contributed by atoms with Crippen molar-refractivity contribution in [1.82, 2.24) is 40.4 Å². The Balaban J connectivity index is 1.01. The van der Waals surface area contributed by atoms with Crippen LogP contribution in [0.25, 0.3) is 33.6 Å². The Morgan fingerprint density at radius 3 is 1.77 bits per heavy atom. The largest absolute Gasteiger partial charge is 0.465 e. The van der Waals surface area contributed by atoms with Gasteiger partial charge in [-0.3, -0.25) is 14.4 Å². The van der Waals surface area contributed by atoms with Crippen LogP contribution in [0, 0.1) is 0 Å². The quantitative estimate of drug-likeness (QED) is 0.126. The summed E-state index contributed by atoms with van der Waals surface area (Å²) >= 11 is 0. The highest BCUT2D eigenvalue weighted by atomic mass is 16.4. The molecule has 5 aromatic rings. The number of aromatic nitrogens is 4. The van der Waals surface area contributed by atoms with Gasteiger partial charge in [0.2, 0.25) is 11.8 Å². The van der Waals surface area contributed by atoms with Crippen molar-refractivity contribution in [3.63, 3.8) is 0 Å². The third-order valence-electron chi connectivity index (χ3n) is 9.79. The number of benzene rings is 3. The zero-order chi connectivity index (χ0) is 36.2. The summed E-state index contributed by atoms with van der Waals surface area (Å²) in [4.78, 5) is 68.8. The van der Waals surface area contributed by atoms with E-state index in [9.17, 15) is 24.3 Å². The normalized spacial score (nSPS) is 17.6. The van der Waals surface area contributed by atoms with E-state index in [1.807, 2.05) is 30.3 Å². The van der Waals surface area contributed by atoms with Crippen LogP contribution in [0.3, 0.4) is 0 Å². The monoisotopic (exact) mass is 700 g/mol. The Morgan fingerprint density at radius 2 is 1.25 bits per heavy atom. The molecular weight excluding hydrogens is 660 g/mol. The topological polar surface area (TPSA) is 176 Å². The number of likely N-dealkylation sites (tertiary alicyclic amines) is 2. The van der Waals surface area contributed by atoms with Gasteiger partial charge in [-0.25, -0.2) is 14.8 Å². The summed E-state index contributed by atoms with van der Waals surface area (Å²) in [5.41, 5.74) is 6.31. The second kappa shape index (κ2) is 14.9. The summed E-state index contributed by atoms with van der Waals surface area (Å²) in [5.74, 6) is 0.761. The van der Waals surface area contributed by atoms with Crippen molar-refractivity contribution in [1.29, 1.82) is 0 Å². The molecule has 5 N–H and O–H groups in total. The van der Waals surface area contributed by atoms with Gasteiger partial charge < -0.3 is 35.5 Å². The summed E-state index contributed by atoms with van der Waals surface area (Å²) < 4.78 is 0. The van der Waals surface area contributed by atoms with E-state index < -0.39 is 12.1 Å². The van der Waals surface area contributed by atoms with E-state index in [-0.39, 0.29) is 36.3 Å². The molecule has 0 bridgehead atoms. The van der Waals surface area contributed by atoms with E-state index in [0.29, 0.717) is 24.5 Å². The number of amides is 4. The number of nitrogens with one attached hydrogen (secondary N) is 4. The smallest absolute Gasteiger partial charge is 0.405 e. The van der Waals surface area contributed by atoms with Gasteiger partial charge in [-0.1, -0.05) is 78.9 Å². The lowest BCUT2D eigenvalue weighted by Crippen LogP contribution is -2.42. The first-order chi connectivity index (χ1) is 25.2. The first-order valence-electron chi connectivity index (χ1n) is 17.4. The number of carbonyl (C=O) groups excluding carboxylic acids is 3. The molecule has 0 spiro atoms. The van der Waals surface area contributed by atoms with E-state index in [1.54, 1.807) is 46.5 Å². The lowest BCUT2D eigenvalue weighted by molar-refractivity contribution is -0.134. The molecule has 4 heterocycles. The number of carbonyl (C=O) groups is 4. The van der Waals surface area contributed by atoms with Crippen LogP contribution < -0.4 is 10.6 Å². The van der Waals surface area contributed by atoms with Gasteiger partial charge in [0.05, 0.1) is 42.4 Å². The summed E-state index contributed by atoms with van der Waals surface area (Å²) in [5, 5.41) is 14.4. The molecule has 0 saturated carbocycles. The molecule has 266 valence electrons. The molecule has 2 aliphatic heterocycles. The zero-order valence-corrected chi connectivity index (χ0v) is 28.7. The predicted octanol–water partition coefficient (Wildman–Crippen LogP) is 5.61. The van der Waals surface area contributed by atoms with Gasteiger partial charge in [0.1, 0.15) is 17.7 Å². The van der Waals surface area contributed by atoms with Crippen LogP contribution in [0.15, 0.2) is 91.3 Å². The first-order valence-corrected chi connectivity index (χ1v) is 17.4. The predicted molar refractivity (Wildman–Crippen MR) is 193 cm³/mol. The highest BCUT2D eigenvalue weighted by Crippen LogP contribution is 2.35. The lowest BCUT2D eigenvalue weighted by Gasteiger charge is -2.28. The van der Waals surface area contributed by atoms with Gasteiger partial charge in [0.25, 0.3) is 5.91 Å². The van der Waals surface area contributed by atoms with Crippen LogP contribution in [-0.2, 0) is 14.4 Å². The van der Waals surface area contributed by atoms with Crippen LogP contribution in [0.5, 0.6) is 0 Å². The van der Waals surface area contributed by atoms with E-state index in [4.69, 9.17) is 0 Å². The van der Waals surface area contributed by atoms with Gasteiger partial charge in [0.15, 0.2) is 0 Å². The van der Waals surface area contributed by atoms with Gasteiger partial charge in [0, 0.05) is 20.0 Å². The van der Waals surface area contributed by atoms with E-state index in [0.717, 1.165) is 65.1 Å². The molecule has 0 radical (unpaired) electrons. The molecule has 7 rings (SSSR count). The Bertz CT molecular complexity index is 2060. The maximum absolute atomic E-state index is 13.7. The van der Waals surface area contributed by atoms with Crippen LogP contribution in [0.1, 0.15) is 67.9 Å². The number of hydrogen-bond donors (Lipinski definition) is 5. The highest BCUT2D eigenvalue weighted by Gasteiger charge is 2.37. The summed E-state index contributed by atoms with van der Waals surface area (Å²) in [6.45, 7) is 2.53. The summed E-state index contributed by atoms with van der Waals surface area (Å²) in [7, 11) is 0. The molecule has 2 aliphatic rings. The average molecular weight is 701 g/mol. The number of rotatable bonds is 10. The number of nitrogens with zero attached hydrogens (tertiary/aromatic N) is 4. The van der Waals surface area contributed by atoms with E-state index in [1.165, 1.54) is 6.92 Å². The lowest BCUT2D eigenvalue weighted by atomic mass is 10.0. The minimum atomic E-state index is -1.26. The van der Waals surface area contributed by atoms with Crippen molar-refractivity contribution < 1.29 is 24.3 Å². The Kier molecular flexibility index (Phi) is 9.83. The fourth-order valence-electron chi connectivity index (χ4n) is 7.18. The van der Waals surface area contributed by atoms with Crippen LogP contribution in [0.4, 0.5) is 4.79 Å². The Labute approximate surface area is 300 Å². The minimum absolute atomic E-state index is 0.0161. The third-order valence-corrected chi connectivity index (χ3v) is 9.79. The molecule has 2 saturated heterocycles. The summed E-state index contributed by atoms with van der Waals surface area (Å²) in [6.07, 6.45) is 5.51. The van der Waals surface area contributed by atoms with Crippen molar-refractivity contribution >= 4 is 23.8 Å². The van der Waals surface area contributed by atoms with Crippen LogP contribution in [0.2, 0.25) is 0 Å². The van der Waals surface area contributed by atoms with Crippen molar-refractivity contribution in [2.24, 2.45) is 0 Å². The minimum Gasteiger partial charge on any atom is -0.465 e. The second-order valence-electron chi connectivity index (χ2n) is 13.2. The second-order valence-corrected chi connectivity index (χ2v) is 13.2. The number of imidazole rings is 2. The molecule has 2 aromatic heterocycles. The van der Waals surface area contributed by atoms with Crippen molar-refractivity contribution in [3.05, 3.63) is 108 Å². The number of aromatic amines is 2. The van der Waals surface area contributed by atoms with Gasteiger partial charge >= 0.3 is 6.09 Å². The molecule has 13 heteroatoms. The highest BCUT2D eigenvalue weighted by molar-refractivity contribution is 5.87. The van der Waals surface area contributed by atoms with Gasteiger partial charge in [-0.15, -0.1) is 0 Å². The molecule has 3 aromatic carbocycles. The molecule has 3 atom stereocenters. The molecule has 52 heavy (non-hydrogen) atoms. The molecule has 0 aliphatic carbocycles. The first kappa shape index (κ1) is 34.2. The van der Waals surface area contributed by atoms with Gasteiger partial charge in [-0.2, -0.15) is 0 Å². The summed E-state index contributed by atoms with van der Waals surface area (Å²) in [6, 6.07) is 23.8.